The third-order valence-corrected chi connectivity index (χ3v) is 1.80. The van der Waals surface area contributed by atoms with Crippen LogP contribution >= 0.6 is 0 Å². The maximum Gasteiger partial charge on any atom is 0.366 e. The molecule has 0 aliphatic rings. The molecule has 0 N–H and O–H groups in total. The van der Waals surface area contributed by atoms with Crippen molar-refractivity contribution in [3.05, 3.63) is 29.3 Å². The normalized spacial score (nSPS) is 10.9. The van der Waals surface area contributed by atoms with Gasteiger partial charge >= 0.3 is 5.65 Å². The van der Waals surface area contributed by atoms with E-state index in [1.54, 1.807) is 4.57 Å². The summed E-state index contributed by atoms with van der Waals surface area (Å²) in [4.78, 5) is 4.33. The largest absolute Gasteiger partial charge is 0.366 e. The SMILES string of the molecule is Cc1cc(C)[n+]2oc(C)cc2n1. The van der Waals surface area contributed by atoms with Gasteiger partial charge in [-0.3, -0.25) is 0 Å². The van der Waals surface area contributed by atoms with Gasteiger partial charge < -0.3 is 4.52 Å². The van der Waals surface area contributed by atoms with Crippen molar-refractivity contribution in [2.45, 2.75) is 20.8 Å². The zero-order chi connectivity index (χ0) is 8.72. The van der Waals surface area contributed by atoms with Crippen LogP contribution in [0.2, 0.25) is 0 Å². The molecule has 0 saturated heterocycles. The summed E-state index contributed by atoms with van der Waals surface area (Å²) in [5.41, 5.74) is 2.98. The average molecular weight is 163 g/mol. The second-order valence-corrected chi connectivity index (χ2v) is 3.04. The van der Waals surface area contributed by atoms with Gasteiger partial charge in [0.15, 0.2) is 17.1 Å². The van der Waals surface area contributed by atoms with Crippen LogP contribution in [0, 0.1) is 20.8 Å². The molecule has 0 aliphatic heterocycles. The molecule has 2 rings (SSSR count). The third kappa shape index (κ3) is 0.978. The van der Waals surface area contributed by atoms with E-state index in [2.05, 4.69) is 4.98 Å². The van der Waals surface area contributed by atoms with Gasteiger partial charge in [-0.25, -0.2) is 0 Å². The molecule has 2 aromatic heterocycles. The van der Waals surface area contributed by atoms with Gasteiger partial charge in [-0.05, 0) is 16.5 Å². The number of hydrogen-bond acceptors (Lipinski definition) is 2. The highest BCUT2D eigenvalue weighted by Gasteiger charge is 2.13. The van der Waals surface area contributed by atoms with Gasteiger partial charge in [0.2, 0.25) is 0 Å². The van der Waals surface area contributed by atoms with Gasteiger partial charge in [0.05, 0.1) is 6.07 Å². The Morgan fingerprint density at radius 2 is 2.00 bits per heavy atom. The lowest BCUT2D eigenvalue weighted by Gasteiger charge is -1.87. The minimum atomic E-state index is 0.880. The molecule has 62 valence electrons. The Morgan fingerprint density at radius 3 is 2.75 bits per heavy atom. The summed E-state index contributed by atoms with van der Waals surface area (Å²) in [5, 5.41) is 0. The maximum absolute atomic E-state index is 5.41. The van der Waals surface area contributed by atoms with Gasteiger partial charge in [0.1, 0.15) is 0 Å². The average Bonchev–Trinajstić information content (AvgIpc) is 2.29. The predicted molar refractivity (Wildman–Crippen MR) is 43.9 cm³/mol. The fourth-order valence-electron chi connectivity index (χ4n) is 1.36. The first-order valence-corrected chi connectivity index (χ1v) is 3.94. The number of aromatic nitrogens is 2. The van der Waals surface area contributed by atoms with Crippen molar-refractivity contribution in [3.8, 4) is 0 Å². The highest BCUT2D eigenvalue weighted by atomic mass is 16.5. The Balaban J connectivity index is 2.88. The molecule has 2 aromatic rings. The molecule has 0 aliphatic carbocycles. The first-order valence-electron chi connectivity index (χ1n) is 3.94. The Morgan fingerprint density at radius 1 is 1.25 bits per heavy atom. The molecular formula is C9H11N2O+. The summed E-state index contributed by atoms with van der Waals surface area (Å²) in [7, 11) is 0. The lowest BCUT2D eigenvalue weighted by atomic mass is 10.3. The number of nitrogens with zero attached hydrogens (tertiary/aromatic N) is 2. The minimum absolute atomic E-state index is 0.880. The lowest BCUT2D eigenvalue weighted by molar-refractivity contribution is -0.725. The van der Waals surface area contributed by atoms with Gasteiger partial charge in [-0.15, -0.1) is 0 Å². The molecule has 2 heterocycles. The van der Waals surface area contributed by atoms with Crippen LogP contribution in [0.15, 0.2) is 16.7 Å². The zero-order valence-corrected chi connectivity index (χ0v) is 7.46. The van der Waals surface area contributed by atoms with Crippen LogP contribution in [-0.4, -0.2) is 4.98 Å². The van der Waals surface area contributed by atoms with E-state index >= 15 is 0 Å². The van der Waals surface area contributed by atoms with E-state index in [-0.39, 0.29) is 0 Å². The molecule has 0 unspecified atom stereocenters. The first-order chi connectivity index (χ1) is 5.66. The number of fused-ring (bicyclic) bond motifs is 1. The Bertz CT molecular complexity index is 431. The predicted octanol–water partition coefficient (Wildman–Crippen LogP) is 1.34. The number of aryl methyl sites for hydroxylation is 3. The van der Waals surface area contributed by atoms with E-state index in [1.807, 2.05) is 32.9 Å². The highest BCUT2D eigenvalue weighted by Crippen LogP contribution is 2.03. The molecule has 3 heteroatoms. The molecule has 0 amide bonds. The summed E-state index contributed by atoms with van der Waals surface area (Å²) >= 11 is 0. The molecule has 0 radical (unpaired) electrons. The molecule has 0 bridgehead atoms. The smallest absolute Gasteiger partial charge is 0.300 e. The number of rotatable bonds is 0. The molecule has 3 nitrogen and oxygen atoms in total. The van der Waals surface area contributed by atoms with E-state index in [0.29, 0.717) is 0 Å². The summed E-state index contributed by atoms with van der Waals surface area (Å²) in [6.45, 7) is 5.91. The van der Waals surface area contributed by atoms with E-state index in [9.17, 15) is 0 Å². The second-order valence-electron chi connectivity index (χ2n) is 3.04. The zero-order valence-electron chi connectivity index (χ0n) is 7.46. The van der Waals surface area contributed by atoms with Crippen LogP contribution in [0.4, 0.5) is 0 Å². The fourth-order valence-corrected chi connectivity index (χ4v) is 1.36. The highest BCUT2D eigenvalue weighted by molar-refractivity contribution is 5.30. The molecule has 0 spiro atoms. The topological polar surface area (TPSA) is 30.1 Å². The van der Waals surface area contributed by atoms with E-state index in [1.165, 1.54) is 0 Å². The summed E-state index contributed by atoms with van der Waals surface area (Å²) < 4.78 is 7.15. The van der Waals surface area contributed by atoms with Gasteiger partial charge in [0.25, 0.3) is 0 Å². The Kier molecular flexibility index (Phi) is 1.40. The fraction of sp³-hybridized carbons (Fsp3) is 0.333. The monoisotopic (exact) mass is 163 g/mol. The van der Waals surface area contributed by atoms with Crippen molar-refractivity contribution >= 4 is 5.65 Å². The van der Waals surface area contributed by atoms with Gasteiger partial charge in [-0.2, -0.15) is 0 Å². The maximum atomic E-state index is 5.41. The van der Waals surface area contributed by atoms with E-state index < -0.39 is 0 Å². The van der Waals surface area contributed by atoms with Crippen LogP contribution < -0.4 is 4.57 Å². The van der Waals surface area contributed by atoms with Crippen molar-refractivity contribution in [1.29, 1.82) is 0 Å². The van der Waals surface area contributed by atoms with Crippen molar-refractivity contribution in [2.75, 3.05) is 0 Å². The van der Waals surface area contributed by atoms with E-state index in [0.717, 1.165) is 22.8 Å². The first kappa shape index (κ1) is 7.28. The number of hydrogen-bond donors (Lipinski definition) is 0. The summed E-state index contributed by atoms with van der Waals surface area (Å²) in [5.74, 6) is 0.885. The molecular weight excluding hydrogens is 152 g/mol. The molecule has 0 atom stereocenters. The molecule has 0 saturated carbocycles. The van der Waals surface area contributed by atoms with Crippen LogP contribution in [-0.2, 0) is 0 Å². The van der Waals surface area contributed by atoms with Crippen LogP contribution in [0.5, 0.6) is 0 Å². The van der Waals surface area contributed by atoms with Crippen molar-refractivity contribution in [3.63, 3.8) is 0 Å². The molecule has 0 fully saturated rings. The summed E-state index contributed by atoms with van der Waals surface area (Å²) in [6.07, 6.45) is 0. The van der Waals surface area contributed by atoms with Crippen molar-refractivity contribution in [1.82, 2.24) is 4.98 Å². The van der Waals surface area contributed by atoms with Crippen LogP contribution in [0.25, 0.3) is 5.65 Å². The lowest BCUT2D eigenvalue weighted by Crippen LogP contribution is -2.23. The van der Waals surface area contributed by atoms with E-state index in [4.69, 9.17) is 4.52 Å². The second kappa shape index (κ2) is 2.30. The van der Waals surface area contributed by atoms with Gasteiger partial charge in [0, 0.05) is 19.9 Å². The molecule has 12 heavy (non-hydrogen) atoms. The Labute approximate surface area is 70.6 Å². The van der Waals surface area contributed by atoms with Crippen molar-refractivity contribution < 1.29 is 9.10 Å². The van der Waals surface area contributed by atoms with Crippen LogP contribution in [0.3, 0.4) is 0 Å². The Hall–Kier alpha value is -1.38. The quantitative estimate of drug-likeness (QED) is 0.548. The third-order valence-electron chi connectivity index (χ3n) is 1.80. The van der Waals surface area contributed by atoms with Crippen LogP contribution in [0.1, 0.15) is 17.1 Å². The minimum Gasteiger partial charge on any atom is -0.300 e. The van der Waals surface area contributed by atoms with Crippen molar-refractivity contribution in [2.24, 2.45) is 0 Å². The molecule has 0 aromatic carbocycles. The standard InChI is InChI=1S/C9H11N2O/c1-6-4-7(2)11-9(10-6)5-8(3)12-11/h4-5H,1-3H3/q+1. The van der Waals surface area contributed by atoms with Gasteiger partial charge in [-0.1, -0.05) is 0 Å². The summed E-state index contributed by atoms with van der Waals surface area (Å²) in [6, 6.07) is 3.93.